The number of hydrogen-bond acceptors (Lipinski definition) is 4. The van der Waals surface area contributed by atoms with E-state index in [0.29, 0.717) is 11.4 Å². The van der Waals surface area contributed by atoms with Crippen molar-refractivity contribution in [2.45, 2.75) is 6.92 Å². The lowest BCUT2D eigenvalue weighted by molar-refractivity contribution is -0.114. The van der Waals surface area contributed by atoms with Gasteiger partial charge in [0.25, 0.3) is 5.91 Å². The Morgan fingerprint density at radius 1 is 1.10 bits per heavy atom. The number of rotatable bonds is 4. The Balaban J connectivity index is 2.10. The van der Waals surface area contributed by atoms with Gasteiger partial charge in [-0.05, 0) is 24.3 Å². The van der Waals surface area contributed by atoms with E-state index in [2.05, 4.69) is 20.6 Å². The van der Waals surface area contributed by atoms with Crippen LogP contribution >= 0.6 is 0 Å². The zero-order valence-corrected chi connectivity index (χ0v) is 11.0. The van der Waals surface area contributed by atoms with Crippen LogP contribution in [-0.4, -0.2) is 32.9 Å². The smallest absolute Gasteiger partial charge is 0.354 e. The van der Waals surface area contributed by atoms with Gasteiger partial charge >= 0.3 is 5.97 Å². The molecule has 0 unspecified atom stereocenters. The van der Waals surface area contributed by atoms with E-state index >= 15 is 0 Å². The van der Waals surface area contributed by atoms with Gasteiger partial charge in [-0.15, -0.1) is 0 Å². The third-order valence-electron chi connectivity index (χ3n) is 2.53. The number of benzene rings is 1. The molecule has 0 saturated heterocycles. The highest BCUT2D eigenvalue weighted by atomic mass is 16.4. The van der Waals surface area contributed by atoms with Gasteiger partial charge in [0.15, 0.2) is 11.4 Å². The van der Waals surface area contributed by atoms with Crippen molar-refractivity contribution in [3.63, 3.8) is 0 Å². The van der Waals surface area contributed by atoms with Gasteiger partial charge in [0.05, 0.1) is 6.33 Å². The molecule has 8 nitrogen and oxygen atoms in total. The number of carboxylic acids is 1. The molecule has 0 bridgehead atoms. The van der Waals surface area contributed by atoms with E-state index in [0.717, 1.165) is 6.33 Å². The summed E-state index contributed by atoms with van der Waals surface area (Å²) >= 11 is 0. The zero-order chi connectivity index (χ0) is 15.4. The van der Waals surface area contributed by atoms with E-state index in [4.69, 9.17) is 5.11 Å². The summed E-state index contributed by atoms with van der Waals surface area (Å²) in [6.07, 6.45) is 1.14. The first-order valence-corrected chi connectivity index (χ1v) is 5.93. The number of imidazole rings is 1. The van der Waals surface area contributed by atoms with Gasteiger partial charge in [0.2, 0.25) is 5.91 Å². The molecular formula is C13H12N4O4. The number of carbonyl (C=O) groups excluding carboxylic acids is 2. The van der Waals surface area contributed by atoms with Crippen molar-refractivity contribution in [2.75, 3.05) is 10.6 Å². The second-order valence-electron chi connectivity index (χ2n) is 4.14. The number of aromatic nitrogens is 2. The van der Waals surface area contributed by atoms with Gasteiger partial charge in [0, 0.05) is 18.3 Å². The number of aromatic carboxylic acids is 1. The number of hydrogen-bond donors (Lipinski definition) is 4. The third kappa shape index (κ3) is 3.44. The summed E-state index contributed by atoms with van der Waals surface area (Å²) in [6, 6.07) is 6.38. The number of carbonyl (C=O) groups is 3. The number of nitrogens with one attached hydrogen (secondary N) is 3. The van der Waals surface area contributed by atoms with Crippen LogP contribution in [0.4, 0.5) is 11.4 Å². The minimum Gasteiger partial charge on any atom is -0.477 e. The number of amides is 2. The Labute approximate surface area is 119 Å². The zero-order valence-electron chi connectivity index (χ0n) is 11.0. The summed E-state index contributed by atoms with van der Waals surface area (Å²) in [6.45, 7) is 1.39. The SMILES string of the molecule is CC(=O)Nc1ccc(NC(=O)c2nc[nH]c2C(=O)O)cc1. The Morgan fingerprint density at radius 2 is 1.67 bits per heavy atom. The Morgan fingerprint density at radius 3 is 2.19 bits per heavy atom. The first-order chi connectivity index (χ1) is 9.97. The fourth-order valence-corrected chi connectivity index (χ4v) is 1.66. The normalized spacial score (nSPS) is 9.95. The minimum absolute atomic E-state index is 0.200. The van der Waals surface area contributed by atoms with Crippen molar-refractivity contribution in [3.8, 4) is 0 Å². The van der Waals surface area contributed by atoms with Crippen LogP contribution in [-0.2, 0) is 4.79 Å². The number of anilines is 2. The molecule has 21 heavy (non-hydrogen) atoms. The van der Waals surface area contributed by atoms with Gasteiger partial charge in [-0.3, -0.25) is 9.59 Å². The Kier molecular flexibility index (Phi) is 3.98. The van der Waals surface area contributed by atoms with Crippen LogP contribution in [0, 0.1) is 0 Å². The van der Waals surface area contributed by atoms with E-state index < -0.39 is 11.9 Å². The molecule has 0 aliphatic rings. The maximum atomic E-state index is 11.9. The van der Waals surface area contributed by atoms with Crippen LogP contribution in [0.3, 0.4) is 0 Å². The summed E-state index contributed by atoms with van der Waals surface area (Å²) in [5, 5.41) is 14.0. The van der Waals surface area contributed by atoms with Gasteiger partial charge in [-0.1, -0.05) is 0 Å². The molecule has 8 heteroatoms. The molecule has 0 spiro atoms. The van der Waals surface area contributed by atoms with Crippen molar-refractivity contribution < 1.29 is 19.5 Å². The Hall–Kier alpha value is -3.16. The molecule has 1 aromatic heterocycles. The minimum atomic E-state index is -1.27. The van der Waals surface area contributed by atoms with E-state index in [1.807, 2.05) is 0 Å². The monoisotopic (exact) mass is 288 g/mol. The second-order valence-corrected chi connectivity index (χ2v) is 4.14. The molecule has 2 aromatic rings. The summed E-state index contributed by atoms with van der Waals surface area (Å²) in [5.74, 6) is -2.10. The first-order valence-electron chi connectivity index (χ1n) is 5.93. The molecule has 4 N–H and O–H groups in total. The van der Waals surface area contributed by atoms with Gasteiger partial charge in [0.1, 0.15) is 0 Å². The molecular weight excluding hydrogens is 276 g/mol. The maximum absolute atomic E-state index is 11.9. The van der Waals surface area contributed by atoms with Crippen molar-refractivity contribution in [2.24, 2.45) is 0 Å². The standard InChI is InChI=1S/C13H12N4O4/c1-7(18)16-8-2-4-9(5-3-8)17-12(19)10-11(13(20)21)15-6-14-10/h2-6H,1H3,(H,14,15)(H,16,18)(H,17,19)(H,20,21). The van der Waals surface area contributed by atoms with Crippen LogP contribution < -0.4 is 10.6 Å². The number of nitrogens with zero attached hydrogens (tertiary/aromatic N) is 1. The van der Waals surface area contributed by atoms with E-state index in [1.54, 1.807) is 24.3 Å². The summed E-state index contributed by atoms with van der Waals surface area (Å²) in [5.41, 5.74) is 0.565. The largest absolute Gasteiger partial charge is 0.477 e. The lowest BCUT2D eigenvalue weighted by Crippen LogP contribution is -2.16. The predicted octanol–water partition coefficient (Wildman–Crippen LogP) is 1.32. The van der Waals surface area contributed by atoms with E-state index in [1.165, 1.54) is 6.92 Å². The molecule has 108 valence electrons. The maximum Gasteiger partial charge on any atom is 0.354 e. The topological polar surface area (TPSA) is 124 Å². The summed E-state index contributed by atoms with van der Waals surface area (Å²) < 4.78 is 0. The highest BCUT2D eigenvalue weighted by Crippen LogP contribution is 2.15. The average Bonchev–Trinajstić information content (AvgIpc) is 2.90. The van der Waals surface area contributed by atoms with Crippen molar-refractivity contribution in [3.05, 3.63) is 42.0 Å². The fraction of sp³-hybridized carbons (Fsp3) is 0.0769. The highest BCUT2D eigenvalue weighted by Gasteiger charge is 2.19. The summed E-state index contributed by atoms with van der Waals surface area (Å²) in [4.78, 5) is 39.8. The van der Waals surface area contributed by atoms with Gasteiger partial charge < -0.3 is 20.7 Å². The fourth-order valence-electron chi connectivity index (χ4n) is 1.66. The van der Waals surface area contributed by atoms with Crippen LogP contribution in [0.25, 0.3) is 0 Å². The molecule has 0 atom stereocenters. The van der Waals surface area contributed by atoms with Crippen molar-refractivity contribution in [1.29, 1.82) is 0 Å². The molecule has 0 aliphatic carbocycles. The average molecular weight is 288 g/mol. The molecule has 0 aliphatic heterocycles. The van der Waals surface area contributed by atoms with Gasteiger partial charge in [-0.2, -0.15) is 0 Å². The summed E-state index contributed by atoms with van der Waals surface area (Å²) in [7, 11) is 0. The molecule has 0 radical (unpaired) electrons. The molecule has 0 fully saturated rings. The molecule has 0 saturated carbocycles. The Bertz CT molecular complexity index is 690. The van der Waals surface area contributed by atoms with Crippen LogP contribution in [0.5, 0.6) is 0 Å². The van der Waals surface area contributed by atoms with Gasteiger partial charge in [-0.25, -0.2) is 9.78 Å². The quantitative estimate of drug-likeness (QED) is 0.675. The lowest BCUT2D eigenvalue weighted by Gasteiger charge is -2.06. The van der Waals surface area contributed by atoms with E-state index in [9.17, 15) is 14.4 Å². The highest BCUT2D eigenvalue weighted by molar-refractivity contribution is 6.08. The lowest BCUT2D eigenvalue weighted by atomic mass is 10.2. The second kappa shape index (κ2) is 5.87. The number of H-pyrrole nitrogens is 1. The molecule has 2 amide bonds. The third-order valence-corrected chi connectivity index (χ3v) is 2.53. The van der Waals surface area contributed by atoms with Crippen LogP contribution in [0.1, 0.15) is 27.9 Å². The number of carboxylic acid groups (broad SMARTS) is 1. The molecule has 1 heterocycles. The number of aromatic amines is 1. The predicted molar refractivity (Wildman–Crippen MR) is 74.2 cm³/mol. The van der Waals surface area contributed by atoms with Crippen LogP contribution in [0.2, 0.25) is 0 Å². The molecule has 1 aromatic carbocycles. The van der Waals surface area contributed by atoms with Crippen LogP contribution in [0.15, 0.2) is 30.6 Å². The van der Waals surface area contributed by atoms with Crippen molar-refractivity contribution >= 4 is 29.2 Å². The molecule has 2 rings (SSSR count). The first kappa shape index (κ1) is 14.3. The van der Waals surface area contributed by atoms with Crippen molar-refractivity contribution in [1.82, 2.24) is 9.97 Å². The van der Waals surface area contributed by atoms with E-state index in [-0.39, 0.29) is 17.3 Å².